The number of rotatable bonds is 12. The number of furan rings is 2. The van der Waals surface area contributed by atoms with Gasteiger partial charge < -0.3 is 29.3 Å². The van der Waals surface area contributed by atoms with Crippen molar-refractivity contribution >= 4 is 39.5 Å². The molecule has 3 N–H and O–H groups in total. The van der Waals surface area contributed by atoms with Gasteiger partial charge in [0.1, 0.15) is 22.7 Å². The maximum Gasteiger partial charge on any atom is 0.305 e. The number of carbonyl (C=O) groups is 2. The molecule has 0 bridgehead atoms. The Kier molecular flexibility index (Phi) is 12.9. The van der Waals surface area contributed by atoms with Gasteiger partial charge in [-0.1, -0.05) is 88.8 Å². The van der Waals surface area contributed by atoms with Crippen LogP contribution in [-0.2, 0) is 17.6 Å². The van der Waals surface area contributed by atoms with E-state index >= 15 is 0 Å². The van der Waals surface area contributed by atoms with Gasteiger partial charge in [0, 0.05) is 59.6 Å². The van der Waals surface area contributed by atoms with Crippen molar-refractivity contribution in [1.82, 2.24) is 4.90 Å². The Balaban J connectivity index is 0.000000213. The number of amides is 1. The molecule has 0 spiro atoms. The Hall–Kier alpha value is -4.56. The van der Waals surface area contributed by atoms with E-state index in [0.717, 1.165) is 65.0 Å². The lowest BCUT2D eigenvalue weighted by Crippen LogP contribution is -2.29. The summed E-state index contributed by atoms with van der Waals surface area (Å²) in [7, 11) is 1.63. The van der Waals surface area contributed by atoms with E-state index in [9.17, 15) is 14.7 Å². The molecule has 2 aromatic heterocycles. The van der Waals surface area contributed by atoms with Crippen LogP contribution >= 0.6 is 0 Å². The first-order chi connectivity index (χ1) is 25.8. The van der Waals surface area contributed by atoms with E-state index in [1.165, 1.54) is 67.2 Å². The molecule has 2 aliphatic rings. The van der Waals surface area contributed by atoms with Crippen LogP contribution in [0.25, 0.3) is 21.9 Å². The van der Waals surface area contributed by atoms with Gasteiger partial charge in [-0.3, -0.25) is 9.59 Å². The molecule has 8 nitrogen and oxygen atoms in total. The van der Waals surface area contributed by atoms with Crippen molar-refractivity contribution in [1.29, 1.82) is 0 Å². The Morgan fingerprint density at radius 2 is 1.25 bits per heavy atom. The lowest BCUT2D eigenvalue weighted by Gasteiger charge is -2.32. The molecule has 53 heavy (non-hydrogen) atoms. The van der Waals surface area contributed by atoms with Crippen molar-refractivity contribution in [3.05, 3.63) is 101 Å². The second kappa shape index (κ2) is 18.0. The average Bonchev–Trinajstić information content (AvgIpc) is 3.78. The van der Waals surface area contributed by atoms with Crippen molar-refractivity contribution in [2.75, 3.05) is 18.9 Å². The average molecular weight is 721 g/mol. The first kappa shape index (κ1) is 38.2. The molecule has 7 rings (SSSR count). The number of para-hydroxylation sites is 2. The quantitative estimate of drug-likeness (QED) is 0.117. The molecule has 2 atom stereocenters. The number of aryl methyl sites for hydroxylation is 2. The molecular formula is C45H56N2O6. The molecule has 0 radical (unpaired) electrons. The monoisotopic (exact) mass is 720 g/mol. The Morgan fingerprint density at radius 1 is 0.736 bits per heavy atom. The number of hydrogen-bond donors (Lipinski definition) is 3. The summed E-state index contributed by atoms with van der Waals surface area (Å²) in [5.41, 5.74) is 5.67. The summed E-state index contributed by atoms with van der Waals surface area (Å²) in [4.78, 5) is 24.9. The number of anilines is 1. The number of nitrogens with one attached hydrogen (secondary N) is 1. The molecule has 1 amide bonds. The second-order valence-electron chi connectivity index (χ2n) is 14.9. The van der Waals surface area contributed by atoms with Crippen LogP contribution < -0.4 is 5.32 Å². The summed E-state index contributed by atoms with van der Waals surface area (Å²) in [6.07, 6.45) is 13.5. The lowest BCUT2D eigenvalue weighted by molar-refractivity contribution is -0.137. The van der Waals surface area contributed by atoms with Crippen molar-refractivity contribution < 1.29 is 28.6 Å². The van der Waals surface area contributed by atoms with Gasteiger partial charge in [0.2, 0.25) is 0 Å². The molecule has 3 aromatic carbocycles. The third-order valence-electron chi connectivity index (χ3n) is 11.3. The molecule has 0 aliphatic heterocycles. The fraction of sp³-hybridized carbons (Fsp3) is 0.467. The highest BCUT2D eigenvalue weighted by Gasteiger charge is 2.31. The van der Waals surface area contributed by atoms with Gasteiger partial charge in [-0.15, -0.1) is 0 Å². The summed E-state index contributed by atoms with van der Waals surface area (Å²) in [5, 5.41) is 25.7. The Morgan fingerprint density at radius 3 is 1.79 bits per heavy atom. The molecular weight excluding hydrogens is 665 g/mol. The summed E-state index contributed by atoms with van der Waals surface area (Å²) in [6, 6.07) is 24.0. The maximum atomic E-state index is 12.7. The van der Waals surface area contributed by atoms with E-state index in [2.05, 4.69) is 37.4 Å². The van der Waals surface area contributed by atoms with Crippen LogP contribution in [0, 0.1) is 11.8 Å². The third kappa shape index (κ3) is 8.98. The number of hydrogen-bond acceptors (Lipinski definition) is 6. The van der Waals surface area contributed by atoms with Gasteiger partial charge in [-0.25, -0.2) is 0 Å². The SMILES string of the molecule is CCc1oc2ccccc2c1C(Nc1ccc(C(=O)N(C)CCC(=O)O)cc1)C1CCCCC1.CCc1oc2ccccc2c1C(O)C1CCCCC1. The fourth-order valence-electron chi connectivity index (χ4n) is 8.48. The number of fused-ring (bicyclic) bond motifs is 2. The van der Waals surface area contributed by atoms with E-state index in [-0.39, 0.29) is 31.0 Å². The molecule has 2 unspecified atom stereocenters. The van der Waals surface area contributed by atoms with E-state index < -0.39 is 5.97 Å². The van der Waals surface area contributed by atoms with Crippen LogP contribution in [0.15, 0.2) is 81.6 Å². The van der Waals surface area contributed by atoms with Crippen LogP contribution in [0.4, 0.5) is 5.69 Å². The van der Waals surface area contributed by atoms with Crippen molar-refractivity contribution in [2.45, 2.75) is 109 Å². The first-order valence-electron chi connectivity index (χ1n) is 19.8. The van der Waals surface area contributed by atoms with E-state index in [1.807, 2.05) is 54.6 Å². The first-order valence-corrected chi connectivity index (χ1v) is 19.8. The third-order valence-corrected chi connectivity index (χ3v) is 11.3. The van der Waals surface area contributed by atoms with Gasteiger partial charge in [-0.05, 0) is 73.9 Å². The van der Waals surface area contributed by atoms with Crippen LogP contribution in [0.3, 0.4) is 0 Å². The minimum Gasteiger partial charge on any atom is -0.481 e. The number of aliphatic hydroxyl groups is 1. The van der Waals surface area contributed by atoms with E-state index in [4.69, 9.17) is 13.9 Å². The van der Waals surface area contributed by atoms with Crippen LogP contribution in [0.2, 0.25) is 0 Å². The molecule has 282 valence electrons. The Labute approximate surface area is 313 Å². The molecule has 5 aromatic rings. The fourth-order valence-corrected chi connectivity index (χ4v) is 8.48. The summed E-state index contributed by atoms with van der Waals surface area (Å²) < 4.78 is 12.1. The smallest absolute Gasteiger partial charge is 0.305 e. The number of carbonyl (C=O) groups excluding carboxylic acids is 1. The lowest BCUT2D eigenvalue weighted by atomic mass is 9.80. The number of carboxylic acid groups (broad SMARTS) is 1. The van der Waals surface area contributed by atoms with Crippen LogP contribution in [0.5, 0.6) is 0 Å². The number of aliphatic carboxylic acids is 1. The topological polar surface area (TPSA) is 116 Å². The molecule has 2 aliphatic carbocycles. The standard InChI is InChI=1S/C28H34N2O4.C17H22O2/c1-3-23-26(22-11-7-8-12-24(22)34-23)27(19-9-5-4-6-10-19)29-21-15-13-20(14-16-21)28(33)30(2)18-17-25(31)32;1-2-14-16(13-10-6-7-11-15(13)19-14)17(18)12-8-4-3-5-9-12/h7-8,11-16,19,27,29H,3-6,9-10,17-18H2,1-2H3,(H,31,32);6-7,10-12,17-18H,2-5,8-9H2,1H3. The Bertz CT molecular complexity index is 1950. The van der Waals surface area contributed by atoms with Crippen molar-refractivity contribution in [3.63, 3.8) is 0 Å². The second-order valence-corrected chi connectivity index (χ2v) is 14.9. The minimum absolute atomic E-state index is 0.0661. The predicted octanol–water partition coefficient (Wildman–Crippen LogP) is 10.9. The molecule has 2 heterocycles. The normalized spacial score (nSPS) is 16.5. The zero-order valence-electron chi connectivity index (χ0n) is 31.6. The zero-order valence-corrected chi connectivity index (χ0v) is 31.6. The van der Waals surface area contributed by atoms with Crippen molar-refractivity contribution in [2.24, 2.45) is 11.8 Å². The predicted molar refractivity (Wildman–Crippen MR) is 211 cm³/mol. The summed E-state index contributed by atoms with van der Waals surface area (Å²) in [6.45, 7) is 4.42. The number of aliphatic hydroxyl groups excluding tert-OH is 1. The highest BCUT2D eigenvalue weighted by atomic mass is 16.4. The summed E-state index contributed by atoms with van der Waals surface area (Å²) in [5.74, 6) is 1.83. The highest BCUT2D eigenvalue weighted by molar-refractivity contribution is 5.94. The zero-order chi connectivity index (χ0) is 37.3. The van der Waals surface area contributed by atoms with Gasteiger partial charge in [-0.2, -0.15) is 0 Å². The molecule has 2 saturated carbocycles. The largest absolute Gasteiger partial charge is 0.481 e. The summed E-state index contributed by atoms with van der Waals surface area (Å²) >= 11 is 0. The highest BCUT2D eigenvalue weighted by Crippen LogP contribution is 2.43. The van der Waals surface area contributed by atoms with Gasteiger partial charge in [0.15, 0.2) is 0 Å². The van der Waals surface area contributed by atoms with Crippen molar-refractivity contribution in [3.8, 4) is 0 Å². The molecule has 0 saturated heterocycles. The molecule has 2 fully saturated rings. The van der Waals surface area contributed by atoms with Gasteiger partial charge in [0.25, 0.3) is 5.91 Å². The number of carboxylic acids is 1. The minimum atomic E-state index is -0.911. The number of nitrogens with zero attached hydrogens (tertiary/aromatic N) is 1. The van der Waals surface area contributed by atoms with Crippen LogP contribution in [0.1, 0.15) is 130 Å². The maximum absolute atomic E-state index is 12.7. The van der Waals surface area contributed by atoms with Crippen LogP contribution in [-0.4, -0.2) is 40.6 Å². The van der Waals surface area contributed by atoms with Gasteiger partial charge >= 0.3 is 5.97 Å². The van der Waals surface area contributed by atoms with E-state index in [1.54, 1.807) is 7.05 Å². The number of benzene rings is 3. The van der Waals surface area contributed by atoms with Gasteiger partial charge in [0.05, 0.1) is 18.6 Å². The van der Waals surface area contributed by atoms with E-state index in [0.29, 0.717) is 17.4 Å². The molecule has 8 heteroatoms.